The number of nitrogens with zero attached hydrogens (tertiary/aromatic N) is 1. The first kappa shape index (κ1) is 24.6. The van der Waals surface area contributed by atoms with E-state index in [1.807, 2.05) is 0 Å². The van der Waals surface area contributed by atoms with Gasteiger partial charge in [-0.2, -0.15) is 0 Å². The topological polar surface area (TPSA) is 105 Å². The molecule has 3 N–H and O–H groups in total. The van der Waals surface area contributed by atoms with E-state index < -0.39 is 42.5 Å². The molecule has 2 rings (SSSR count). The molecule has 0 amide bonds. The van der Waals surface area contributed by atoms with E-state index in [4.69, 9.17) is 4.74 Å². The van der Waals surface area contributed by atoms with Gasteiger partial charge in [-0.05, 0) is 0 Å². The van der Waals surface area contributed by atoms with Crippen molar-refractivity contribution < 1.29 is 14.9 Å². The molecule has 0 bridgehead atoms. The van der Waals surface area contributed by atoms with Gasteiger partial charge in [-0.15, -0.1) is 0 Å². The molecule has 166 valence electrons. The number of ether oxygens (including phenoxy) is 1. The molecule has 1 unspecified atom stereocenters. The summed E-state index contributed by atoms with van der Waals surface area (Å²) in [5.74, 6) is 0. The van der Waals surface area contributed by atoms with Crippen LogP contribution < -0.4 is 14.8 Å². The quantitative estimate of drug-likeness (QED) is 0.369. The first-order valence-electron chi connectivity index (χ1n) is 11.2. The van der Waals surface area contributed by atoms with Gasteiger partial charge in [0.25, 0.3) is 0 Å². The van der Waals surface area contributed by atoms with Crippen LogP contribution in [0.1, 0.15) is 71.9 Å². The Hall–Kier alpha value is -0.641. The molecule has 1 aliphatic heterocycles. The van der Waals surface area contributed by atoms with E-state index in [2.05, 4.69) is 25.8 Å². The molecule has 1 saturated heterocycles. The van der Waals surface area contributed by atoms with Crippen molar-refractivity contribution in [2.75, 3.05) is 6.61 Å². The number of unbranched alkanes of at least 4 members (excludes halogenated alkanes) is 3. The van der Waals surface area contributed by atoms with Crippen molar-refractivity contribution in [1.82, 2.24) is 9.55 Å². The molecule has 0 spiro atoms. The Morgan fingerprint density at radius 2 is 1.66 bits per heavy atom. The van der Waals surface area contributed by atoms with Crippen LogP contribution in [-0.4, -0.2) is 57.0 Å². The first-order chi connectivity index (χ1) is 13.9. The zero-order valence-corrected chi connectivity index (χ0v) is 21.0. The van der Waals surface area contributed by atoms with E-state index in [0.29, 0.717) is 0 Å². The Morgan fingerprint density at radius 1 is 1.10 bits per heavy atom. The first-order valence-corrected chi connectivity index (χ1v) is 18.7. The molecule has 0 radical (unpaired) electrons. The monoisotopic (exact) mass is 518 g/mol. The SMILES string of the molecule is CCC[CH2][Sn]([CH2]CCC)([CH2]CCC)[c]1cn([C@@H]2CC(O)[C@H](CO)O2)c(=O)[nH]c1=O. The van der Waals surface area contributed by atoms with E-state index >= 15 is 0 Å². The van der Waals surface area contributed by atoms with E-state index in [-0.39, 0.29) is 18.6 Å². The molecule has 0 aromatic carbocycles. The summed E-state index contributed by atoms with van der Waals surface area (Å²) in [6, 6.07) is 0. The van der Waals surface area contributed by atoms with Crippen molar-refractivity contribution in [3.63, 3.8) is 0 Å². The van der Waals surface area contributed by atoms with Gasteiger partial charge in [0, 0.05) is 0 Å². The number of hydrogen-bond donors (Lipinski definition) is 3. The van der Waals surface area contributed by atoms with Crippen LogP contribution >= 0.6 is 0 Å². The fraction of sp³-hybridized carbons (Fsp3) is 0.810. The Labute approximate surface area is 177 Å². The second-order valence-electron chi connectivity index (χ2n) is 8.42. The summed E-state index contributed by atoms with van der Waals surface area (Å²) in [6.45, 7) is 6.26. The van der Waals surface area contributed by atoms with Gasteiger partial charge in [0.1, 0.15) is 0 Å². The molecule has 7 nitrogen and oxygen atoms in total. The Kier molecular flexibility index (Phi) is 9.91. The fourth-order valence-corrected chi connectivity index (χ4v) is 20.5. The van der Waals surface area contributed by atoms with E-state index in [1.54, 1.807) is 6.20 Å². The predicted molar refractivity (Wildman–Crippen MR) is 117 cm³/mol. The Balaban J connectivity index is 2.51. The number of aromatic nitrogens is 2. The van der Waals surface area contributed by atoms with Crippen LogP contribution in [0.5, 0.6) is 0 Å². The predicted octanol–water partition coefficient (Wildman–Crippen LogP) is 2.23. The summed E-state index contributed by atoms with van der Waals surface area (Å²) < 4.78 is 11.4. The molecule has 2 heterocycles. The van der Waals surface area contributed by atoms with Gasteiger partial charge in [0.15, 0.2) is 0 Å². The third kappa shape index (κ3) is 5.95. The number of rotatable bonds is 12. The molecule has 1 aromatic heterocycles. The average Bonchev–Trinajstić information content (AvgIpc) is 3.08. The molecular formula is C21H38N2O5Sn. The van der Waals surface area contributed by atoms with Gasteiger partial charge in [-0.3, -0.25) is 0 Å². The van der Waals surface area contributed by atoms with Gasteiger partial charge >= 0.3 is 178 Å². The second-order valence-corrected chi connectivity index (χ2v) is 21.5. The van der Waals surface area contributed by atoms with E-state index in [1.165, 1.54) is 4.57 Å². The van der Waals surface area contributed by atoms with Crippen LogP contribution in [-0.2, 0) is 4.74 Å². The van der Waals surface area contributed by atoms with Gasteiger partial charge in [-0.25, -0.2) is 0 Å². The van der Waals surface area contributed by atoms with E-state index in [0.717, 1.165) is 55.4 Å². The van der Waals surface area contributed by atoms with Crippen molar-refractivity contribution in [3.05, 3.63) is 27.0 Å². The van der Waals surface area contributed by atoms with Crippen molar-refractivity contribution in [3.8, 4) is 0 Å². The number of aromatic amines is 1. The van der Waals surface area contributed by atoms with Crippen molar-refractivity contribution in [2.45, 2.75) is 97.5 Å². The molecule has 1 aliphatic rings. The number of aliphatic hydroxyl groups is 2. The number of aliphatic hydroxyl groups excluding tert-OH is 2. The molecule has 0 aliphatic carbocycles. The van der Waals surface area contributed by atoms with Gasteiger partial charge in [-0.1, -0.05) is 0 Å². The Morgan fingerprint density at radius 3 is 2.10 bits per heavy atom. The third-order valence-electron chi connectivity index (χ3n) is 6.26. The summed E-state index contributed by atoms with van der Waals surface area (Å²) in [6.07, 6.45) is 6.48. The van der Waals surface area contributed by atoms with Crippen LogP contribution in [0.15, 0.2) is 15.8 Å². The molecule has 0 saturated carbocycles. The summed E-state index contributed by atoms with van der Waals surface area (Å²) >= 11 is -3.04. The molecule has 3 atom stereocenters. The maximum atomic E-state index is 13.0. The van der Waals surface area contributed by atoms with Crippen LogP contribution in [0.4, 0.5) is 0 Å². The summed E-state index contributed by atoms with van der Waals surface area (Å²) in [4.78, 5) is 28.1. The molecular weight excluding hydrogens is 479 g/mol. The minimum atomic E-state index is -3.04. The number of hydrogen-bond acceptors (Lipinski definition) is 5. The number of H-pyrrole nitrogens is 1. The minimum absolute atomic E-state index is 0.220. The van der Waals surface area contributed by atoms with E-state index in [9.17, 15) is 19.8 Å². The summed E-state index contributed by atoms with van der Waals surface area (Å²) in [5, 5.41) is 19.5. The van der Waals surface area contributed by atoms with Gasteiger partial charge < -0.3 is 0 Å². The fourth-order valence-electron chi connectivity index (χ4n) is 4.45. The zero-order valence-electron chi connectivity index (χ0n) is 18.2. The average molecular weight is 517 g/mol. The van der Waals surface area contributed by atoms with Crippen LogP contribution in [0, 0.1) is 0 Å². The van der Waals surface area contributed by atoms with Gasteiger partial charge in [0.2, 0.25) is 0 Å². The number of nitrogens with one attached hydrogen (secondary N) is 1. The van der Waals surface area contributed by atoms with Crippen molar-refractivity contribution in [2.24, 2.45) is 0 Å². The molecule has 1 fully saturated rings. The Bertz CT molecular complexity index is 726. The maximum absolute atomic E-state index is 13.0. The summed E-state index contributed by atoms with van der Waals surface area (Å²) in [5.41, 5.74) is -0.723. The summed E-state index contributed by atoms with van der Waals surface area (Å²) in [7, 11) is 0. The molecule has 29 heavy (non-hydrogen) atoms. The van der Waals surface area contributed by atoms with Crippen molar-refractivity contribution in [1.29, 1.82) is 0 Å². The standard InChI is InChI=1S/C9H11N2O5.3C4H9.Sn/c12-4-6-5(13)3-8(16-6)11-2-1-7(14)10-9(11)15;3*1-3-4-2;/h2,5-6,8,12-13H,3-4H2,(H,10,14,15);3*1,3-4H2,2H3;/t5?,6-,8-;;;;/m0..../s1. The molecule has 8 heteroatoms. The molecule has 1 aromatic rings. The zero-order chi connectivity index (χ0) is 21.4. The van der Waals surface area contributed by atoms with Crippen LogP contribution in [0.25, 0.3) is 0 Å². The van der Waals surface area contributed by atoms with Crippen molar-refractivity contribution >= 4 is 22.0 Å². The van der Waals surface area contributed by atoms with Crippen LogP contribution in [0.2, 0.25) is 13.3 Å². The normalized spacial score (nSPS) is 22.3. The second kappa shape index (κ2) is 11.7. The third-order valence-corrected chi connectivity index (χ3v) is 21.8. The van der Waals surface area contributed by atoms with Crippen LogP contribution in [0.3, 0.4) is 0 Å². The van der Waals surface area contributed by atoms with Gasteiger partial charge in [0.05, 0.1) is 0 Å².